The van der Waals surface area contributed by atoms with Gasteiger partial charge in [-0.15, -0.1) is 0 Å². The Hall–Kier alpha value is -5.50. The Kier molecular flexibility index (Phi) is 7.35. The highest BCUT2D eigenvalue weighted by Crippen LogP contribution is 2.32. The van der Waals surface area contributed by atoms with Crippen LogP contribution >= 0.6 is 0 Å². The first-order valence-electron chi connectivity index (χ1n) is 14.5. The molecule has 0 saturated carbocycles. The minimum atomic E-state index is -0.180. The Morgan fingerprint density at radius 2 is 0.955 bits per heavy atom. The molecule has 0 bridgehead atoms. The maximum atomic E-state index is 13.3. The monoisotopic (exact) mass is 582 g/mol. The molecular weight excluding hydrogens is 548 g/mol. The summed E-state index contributed by atoms with van der Waals surface area (Å²) in [7, 11) is 0. The lowest BCUT2D eigenvalue weighted by atomic mass is 10.1. The zero-order valence-electron chi connectivity index (χ0n) is 25.7. The van der Waals surface area contributed by atoms with E-state index in [1.807, 2.05) is 114 Å². The van der Waals surface area contributed by atoms with E-state index < -0.39 is 0 Å². The fraction of sp³-hybridized carbons (Fsp3) is 0.167. The van der Waals surface area contributed by atoms with Crippen LogP contribution in [-0.4, -0.2) is 23.2 Å². The minimum absolute atomic E-state index is 0.180. The number of nitrogens with one attached hydrogen (secondary N) is 2. The summed E-state index contributed by atoms with van der Waals surface area (Å²) in [6.45, 7) is 11.8. The molecule has 2 N–H and O–H groups in total. The van der Waals surface area contributed by atoms with Gasteiger partial charge >= 0.3 is 0 Å². The zero-order chi connectivity index (χ0) is 31.1. The van der Waals surface area contributed by atoms with Crippen molar-refractivity contribution in [1.82, 2.24) is 0 Å². The average molecular weight is 583 g/mol. The Labute approximate surface area is 257 Å². The number of nitrogens with zero attached hydrogens (tertiary/aromatic N) is 4. The van der Waals surface area contributed by atoms with Crippen LogP contribution in [0.15, 0.2) is 107 Å². The topological polar surface area (TPSA) is 89.4 Å². The molecule has 0 aromatic heterocycles. The molecule has 8 nitrogen and oxygen atoms in total. The van der Waals surface area contributed by atoms with Crippen molar-refractivity contribution in [3.63, 3.8) is 0 Å². The first-order valence-corrected chi connectivity index (χ1v) is 14.5. The van der Waals surface area contributed by atoms with Crippen LogP contribution in [0.25, 0.3) is 10.8 Å². The molecule has 0 spiro atoms. The lowest BCUT2D eigenvalue weighted by Crippen LogP contribution is -2.22. The predicted molar refractivity (Wildman–Crippen MR) is 180 cm³/mol. The van der Waals surface area contributed by atoms with Crippen LogP contribution in [0.3, 0.4) is 0 Å². The molecule has 6 rings (SSSR count). The maximum absolute atomic E-state index is 13.3. The summed E-state index contributed by atoms with van der Waals surface area (Å²) in [5.41, 5.74) is 9.99. The van der Waals surface area contributed by atoms with Crippen molar-refractivity contribution in [3.8, 4) is 0 Å². The SMILES string of the molecule is CC1=NN(c2ccc(C)c(C)c2)C(=O)/C1=C\Nc1cccc2c(N/C=C3\C(=O)N(c4ccc(C)c(C)c4)N=C3C)cccc12. The number of benzene rings is 4. The molecule has 2 heterocycles. The van der Waals surface area contributed by atoms with Gasteiger partial charge < -0.3 is 10.6 Å². The number of rotatable bonds is 6. The van der Waals surface area contributed by atoms with Crippen molar-refractivity contribution in [2.45, 2.75) is 41.5 Å². The number of fused-ring (bicyclic) bond motifs is 1. The lowest BCUT2D eigenvalue weighted by molar-refractivity contribution is -0.115. The Bertz CT molecular complexity index is 1840. The standard InChI is InChI=1S/C36H34N6O2/c1-21-13-15-27(17-23(21)3)41-35(43)31(25(5)39-41)19-37-33-11-7-10-30-29(33)9-8-12-34(30)38-20-32-26(6)40-42(36(32)44)28-16-14-22(2)24(4)18-28/h7-20,37-38H,1-6H3/b31-19-,32-20-. The summed E-state index contributed by atoms with van der Waals surface area (Å²) in [5.74, 6) is -0.360. The molecule has 4 aromatic rings. The molecule has 0 unspecified atom stereocenters. The van der Waals surface area contributed by atoms with Gasteiger partial charge in [-0.3, -0.25) is 9.59 Å². The quantitative estimate of drug-likeness (QED) is 0.230. The van der Waals surface area contributed by atoms with E-state index in [-0.39, 0.29) is 11.8 Å². The van der Waals surface area contributed by atoms with Crippen molar-refractivity contribution in [2.75, 3.05) is 20.7 Å². The van der Waals surface area contributed by atoms with Crippen molar-refractivity contribution in [2.24, 2.45) is 10.2 Å². The van der Waals surface area contributed by atoms with Crippen molar-refractivity contribution >= 4 is 56.8 Å². The Morgan fingerprint density at radius 1 is 0.545 bits per heavy atom. The largest absolute Gasteiger partial charge is 0.360 e. The van der Waals surface area contributed by atoms with Crippen LogP contribution in [-0.2, 0) is 9.59 Å². The van der Waals surface area contributed by atoms with Gasteiger partial charge in [0.2, 0.25) is 0 Å². The molecule has 0 fully saturated rings. The third kappa shape index (κ3) is 5.15. The highest BCUT2D eigenvalue weighted by Gasteiger charge is 2.30. The van der Waals surface area contributed by atoms with Gasteiger partial charge in [-0.2, -0.15) is 20.2 Å². The van der Waals surface area contributed by atoms with E-state index in [0.717, 1.165) is 55.8 Å². The Morgan fingerprint density at radius 3 is 1.34 bits per heavy atom. The number of carbonyl (C=O) groups excluding carboxylic acids is 2. The van der Waals surface area contributed by atoms with Gasteiger partial charge in [-0.1, -0.05) is 36.4 Å². The van der Waals surface area contributed by atoms with E-state index in [9.17, 15) is 9.59 Å². The third-order valence-corrected chi connectivity index (χ3v) is 8.26. The van der Waals surface area contributed by atoms with Crippen LogP contribution in [0.5, 0.6) is 0 Å². The normalized spacial score (nSPS) is 16.8. The van der Waals surface area contributed by atoms with Gasteiger partial charge in [0, 0.05) is 34.5 Å². The van der Waals surface area contributed by atoms with Crippen LogP contribution in [0, 0.1) is 27.7 Å². The fourth-order valence-electron chi connectivity index (χ4n) is 5.29. The number of carbonyl (C=O) groups is 2. The number of hydrogen-bond acceptors (Lipinski definition) is 6. The maximum Gasteiger partial charge on any atom is 0.282 e. The number of hydrogen-bond donors (Lipinski definition) is 2. The molecule has 44 heavy (non-hydrogen) atoms. The lowest BCUT2D eigenvalue weighted by Gasteiger charge is -2.14. The van der Waals surface area contributed by atoms with Crippen LogP contribution in [0.4, 0.5) is 22.7 Å². The molecule has 0 radical (unpaired) electrons. The van der Waals surface area contributed by atoms with Crippen molar-refractivity contribution in [1.29, 1.82) is 0 Å². The van der Waals surface area contributed by atoms with E-state index in [1.165, 1.54) is 10.0 Å². The molecule has 2 amide bonds. The van der Waals surface area contributed by atoms with E-state index >= 15 is 0 Å². The number of amides is 2. The first kappa shape index (κ1) is 28.6. The average Bonchev–Trinajstić information content (AvgIpc) is 3.46. The summed E-state index contributed by atoms with van der Waals surface area (Å²) >= 11 is 0. The smallest absolute Gasteiger partial charge is 0.282 e. The molecule has 220 valence electrons. The van der Waals surface area contributed by atoms with Gasteiger partial charge in [0.1, 0.15) is 0 Å². The van der Waals surface area contributed by atoms with E-state index in [4.69, 9.17) is 0 Å². The van der Waals surface area contributed by atoms with Gasteiger partial charge in [0.15, 0.2) is 0 Å². The van der Waals surface area contributed by atoms with Gasteiger partial charge in [-0.25, -0.2) is 0 Å². The summed E-state index contributed by atoms with van der Waals surface area (Å²) in [5, 5.41) is 20.5. The van der Waals surface area contributed by atoms with Crippen LogP contribution in [0.2, 0.25) is 0 Å². The van der Waals surface area contributed by atoms with Crippen molar-refractivity contribution < 1.29 is 9.59 Å². The number of anilines is 4. The molecule has 2 aliphatic heterocycles. The second-order valence-electron chi connectivity index (χ2n) is 11.3. The molecular formula is C36H34N6O2. The highest BCUT2D eigenvalue weighted by molar-refractivity contribution is 6.30. The van der Waals surface area contributed by atoms with Gasteiger partial charge in [0.05, 0.1) is 33.9 Å². The van der Waals surface area contributed by atoms with Crippen LogP contribution < -0.4 is 20.7 Å². The van der Waals surface area contributed by atoms with E-state index in [0.29, 0.717) is 22.6 Å². The number of aryl methyl sites for hydroxylation is 4. The van der Waals surface area contributed by atoms with E-state index in [1.54, 1.807) is 12.4 Å². The molecule has 0 atom stereocenters. The second kappa shape index (κ2) is 11.3. The molecule has 4 aromatic carbocycles. The minimum Gasteiger partial charge on any atom is -0.360 e. The van der Waals surface area contributed by atoms with Crippen molar-refractivity contribution in [3.05, 3.63) is 119 Å². The van der Waals surface area contributed by atoms with E-state index in [2.05, 4.69) is 20.8 Å². The fourth-order valence-corrected chi connectivity index (χ4v) is 5.29. The Balaban J connectivity index is 1.23. The molecule has 0 aliphatic carbocycles. The summed E-state index contributed by atoms with van der Waals surface area (Å²) in [6, 6.07) is 23.6. The van der Waals surface area contributed by atoms with Gasteiger partial charge in [0.25, 0.3) is 11.8 Å². The van der Waals surface area contributed by atoms with Crippen LogP contribution in [0.1, 0.15) is 36.1 Å². The molecule has 0 saturated heterocycles. The predicted octanol–water partition coefficient (Wildman–Crippen LogP) is 7.51. The first-order chi connectivity index (χ1) is 21.1. The number of hydrazone groups is 2. The zero-order valence-corrected chi connectivity index (χ0v) is 25.7. The summed E-state index contributed by atoms with van der Waals surface area (Å²) in [6.07, 6.45) is 3.44. The molecule has 2 aliphatic rings. The summed E-state index contributed by atoms with van der Waals surface area (Å²) in [4.78, 5) is 26.6. The highest BCUT2D eigenvalue weighted by atomic mass is 16.2. The van der Waals surface area contributed by atoms with Gasteiger partial charge in [-0.05, 0) is 100 Å². The molecule has 8 heteroatoms. The summed E-state index contributed by atoms with van der Waals surface area (Å²) < 4.78 is 0. The third-order valence-electron chi connectivity index (χ3n) is 8.26. The second-order valence-corrected chi connectivity index (χ2v) is 11.3.